The topological polar surface area (TPSA) is 57.8 Å². The van der Waals surface area contributed by atoms with Crippen molar-refractivity contribution in [3.05, 3.63) is 65.0 Å². The quantitative estimate of drug-likeness (QED) is 0.531. The highest BCUT2D eigenvalue weighted by Gasteiger charge is 2.23. The third-order valence-electron chi connectivity index (χ3n) is 4.39. The van der Waals surface area contributed by atoms with E-state index in [1.807, 2.05) is 44.2 Å². The van der Waals surface area contributed by atoms with Crippen molar-refractivity contribution in [2.24, 2.45) is 5.92 Å². The lowest BCUT2D eigenvalue weighted by molar-refractivity contribution is 0.0927. The molecule has 4 nitrogen and oxygen atoms in total. The summed E-state index contributed by atoms with van der Waals surface area (Å²) in [5.41, 5.74) is 1.80. The zero-order valence-corrected chi connectivity index (χ0v) is 15.2. The predicted molar refractivity (Wildman–Crippen MR) is 103 cm³/mol. The van der Waals surface area contributed by atoms with Gasteiger partial charge in [0, 0.05) is 10.1 Å². The third-order valence-corrected chi connectivity index (χ3v) is 5.49. The molecule has 6 heteroatoms. The average Bonchev–Trinajstić information content (AvgIpc) is 3.23. The number of aromatic amines is 1. The first-order valence-corrected chi connectivity index (χ1v) is 9.28. The van der Waals surface area contributed by atoms with Crippen LogP contribution in [0, 0.1) is 11.7 Å². The van der Waals surface area contributed by atoms with E-state index in [1.165, 1.54) is 17.4 Å². The van der Waals surface area contributed by atoms with Crippen molar-refractivity contribution in [1.29, 1.82) is 0 Å². The molecule has 0 saturated heterocycles. The number of halogens is 1. The molecule has 132 valence electrons. The van der Waals surface area contributed by atoms with Crippen LogP contribution in [0.3, 0.4) is 0 Å². The van der Waals surface area contributed by atoms with Crippen LogP contribution < -0.4 is 5.32 Å². The first kappa shape index (κ1) is 16.7. The van der Waals surface area contributed by atoms with E-state index in [4.69, 9.17) is 0 Å². The smallest absolute Gasteiger partial charge is 0.261 e. The van der Waals surface area contributed by atoms with E-state index < -0.39 is 0 Å². The van der Waals surface area contributed by atoms with Crippen LogP contribution in [0.2, 0.25) is 0 Å². The van der Waals surface area contributed by atoms with Gasteiger partial charge in [-0.25, -0.2) is 9.37 Å². The van der Waals surface area contributed by atoms with E-state index in [0.717, 1.165) is 21.6 Å². The summed E-state index contributed by atoms with van der Waals surface area (Å²) in [6, 6.07) is 14.0. The molecule has 0 bridgehead atoms. The maximum absolute atomic E-state index is 13.9. The van der Waals surface area contributed by atoms with Crippen molar-refractivity contribution in [3.63, 3.8) is 0 Å². The number of aromatic nitrogens is 2. The highest BCUT2D eigenvalue weighted by atomic mass is 32.1. The SMILES string of the molecule is CC(C)[C@@H](NC(=O)c1cc2c(F)cccc2s1)c1nc2ccccc2[nH]1. The van der Waals surface area contributed by atoms with Gasteiger partial charge >= 0.3 is 0 Å². The Morgan fingerprint density at radius 1 is 1.19 bits per heavy atom. The molecule has 0 radical (unpaired) electrons. The van der Waals surface area contributed by atoms with Crippen LogP contribution in [0.25, 0.3) is 21.1 Å². The number of nitrogens with one attached hydrogen (secondary N) is 2. The van der Waals surface area contributed by atoms with E-state index in [-0.39, 0.29) is 23.7 Å². The molecule has 2 N–H and O–H groups in total. The van der Waals surface area contributed by atoms with Gasteiger partial charge < -0.3 is 10.3 Å². The van der Waals surface area contributed by atoms with E-state index in [1.54, 1.807) is 12.1 Å². The molecule has 2 aromatic heterocycles. The molecular formula is C20H18FN3OS. The Morgan fingerprint density at radius 2 is 2.00 bits per heavy atom. The number of thiophene rings is 1. The van der Waals surface area contributed by atoms with Gasteiger partial charge in [-0.05, 0) is 36.2 Å². The second kappa shape index (κ2) is 6.53. The monoisotopic (exact) mass is 367 g/mol. The molecule has 0 unspecified atom stereocenters. The summed E-state index contributed by atoms with van der Waals surface area (Å²) in [7, 11) is 0. The number of fused-ring (bicyclic) bond motifs is 2. The van der Waals surface area contributed by atoms with Crippen LogP contribution in [-0.4, -0.2) is 15.9 Å². The van der Waals surface area contributed by atoms with Gasteiger partial charge in [-0.3, -0.25) is 4.79 Å². The number of rotatable bonds is 4. The van der Waals surface area contributed by atoms with E-state index in [9.17, 15) is 9.18 Å². The highest BCUT2D eigenvalue weighted by molar-refractivity contribution is 7.20. The molecule has 4 rings (SSSR count). The fourth-order valence-corrected chi connectivity index (χ4v) is 4.00. The minimum absolute atomic E-state index is 0.144. The maximum atomic E-state index is 13.9. The highest BCUT2D eigenvalue weighted by Crippen LogP contribution is 2.29. The fraction of sp³-hybridized carbons (Fsp3) is 0.200. The molecule has 2 heterocycles. The van der Waals surface area contributed by atoms with Crippen LogP contribution in [0.4, 0.5) is 4.39 Å². The number of hydrogen-bond acceptors (Lipinski definition) is 3. The second-order valence-electron chi connectivity index (χ2n) is 6.60. The van der Waals surface area contributed by atoms with Crippen molar-refractivity contribution in [2.45, 2.75) is 19.9 Å². The van der Waals surface area contributed by atoms with Gasteiger partial charge in [-0.15, -0.1) is 11.3 Å². The first-order valence-electron chi connectivity index (χ1n) is 8.46. The molecule has 0 aliphatic carbocycles. The van der Waals surface area contributed by atoms with Crippen LogP contribution in [-0.2, 0) is 0 Å². The van der Waals surface area contributed by atoms with E-state index in [0.29, 0.717) is 10.3 Å². The molecule has 0 spiro atoms. The summed E-state index contributed by atoms with van der Waals surface area (Å²) in [4.78, 5) is 21.2. The van der Waals surface area contributed by atoms with Gasteiger partial charge in [-0.1, -0.05) is 32.0 Å². The number of carbonyl (C=O) groups excluding carboxylic acids is 1. The number of benzene rings is 2. The minimum atomic E-state index is -0.310. The molecule has 0 aliphatic heterocycles. The van der Waals surface area contributed by atoms with Crippen LogP contribution >= 0.6 is 11.3 Å². The van der Waals surface area contributed by atoms with Crippen molar-refractivity contribution in [1.82, 2.24) is 15.3 Å². The standard InChI is InChI=1S/C20H18FN3OS/c1-11(2)18(19-22-14-7-3-4-8-15(14)23-19)24-20(25)17-10-12-13(21)6-5-9-16(12)26-17/h3-11,18H,1-2H3,(H,22,23)(H,24,25)/t18-/m1/s1. The van der Waals surface area contributed by atoms with Gasteiger partial charge in [0.05, 0.1) is 22.0 Å². The number of hydrogen-bond donors (Lipinski definition) is 2. The molecule has 4 aromatic rings. The van der Waals surface area contributed by atoms with Gasteiger partial charge in [0.2, 0.25) is 0 Å². The summed E-state index contributed by atoms with van der Waals surface area (Å²) in [5.74, 6) is 0.340. The lowest BCUT2D eigenvalue weighted by Gasteiger charge is -2.19. The zero-order valence-electron chi connectivity index (χ0n) is 14.4. The Balaban J connectivity index is 1.65. The van der Waals surface area contributed by atoms with Crippen molar-refractivity contribution in [3.8, 4) is 0 Å². The third kappa shape index (κ3) is 2.97. The predicted octanol–water partition coefficient (Wildman–Crippen LogP) is 5.04. The Morgan fingerprint density at radius 3 is 2.73 bits per heavy atom. The van der Waals surface area contributed by atoms with Crippen LogP contribution in [0.5, 0.6) is 0 Å². The number of amides is 1. The Bertz CT molecular complexity index is 1070. The molecule has 26 heavy (non-hydrogen) atoms. The van der Waals surface area contributed by atoms with Gasteiger partial charge in [0.25, 0.3) is 5.91 Å². The molecular weight excluding hydrogens is 349 g/mol. The van der Waals surface area contributed by atoms with Crippen molar-refractivity contribution < 1.29 is 9.18 Å². The minimum Gasteiger partial charge on any atom is -0.341 e. The molecule has 1 atom stereocenters. The maximum Gasteiger partial charge on any atom is 0.261 e. The zero-order chi connectivity index (χ0) is 18.3. The summed E-state index contributed by atoms with van der Waals surface area (Å²) in [6.45, 7) is 4.06. The molecule has 0 fully saturated rings. The normalized spacial score (nSPS) is 12.8. The van der Waals surface area contributed by atoms with Gasteiger partial charge in [-0.2, -0.15) is 0 Å². The molecule has 0 saturated carbocycles. The summed E-state index contributed by atoms with van der Waals surface area (Å²) >= 11 is 1.29. The number of H-pyrrole nitrogens is 1. The van der Waals surface area contributed by atoms with Gasteiger partial charge in [0.1, 0.15) is 11.6 Å². The summed E-state index contributed by atoms with van der Waals surface area (Å²) in [6.07, 6.45) is 0. The number of carbonyl (C=O) groups is 1. The lowest BCUT2D eigenvalue weighted by Crippen LogP contribution is -2.32. The second-order valence-corrected chi connectivity index (χ2v) is 7.68. The number of nitrogens with zero attached hydrogens (tertiary/aromatic N) is 1. The van der Waals surface area contributed by atoms with Crippen molar-refractivity contribution >= 4 is 38.4 Å². The molecule has 1 amide bonds. The average molecular weight is 367 g/mol. The largest absolute Gasteiger partial charge is 0.341 e. The molecule has 2 aromatic carbocycles. The van der Waals surface area contributed by atoms with E-state index in [2.05, 4.69) is 15.3 Å². The number of imidazole rings is 1. The van der Waals surface area contributed by atoms with Crippen LogP contribution in [0.1, 0.15) is 35.4 Å². The number of para-hydroxylation sites is 2. The lowest BCUT2D eigenvalue weighted by atomic mass is 10.0. The van der Waals surface area contributed by atoms with Crippen LogP contribution in [0.15, 0.2) is 48.5 Å². The Hall–Kier alpha value is -2.73. The Labute approximate surface area is 154 Å². The summed E-state index contributed by atoms with van der Waals surface area (Å²) < 4.78 is 14.7. The Kier molecular flexibility index (Phi) is 4.20. The fourth-order valence-electron chi connectivity index (χ4n) is 3.02. The van der Waals surface area contributed by atoms with Gasteiger partial charge in [0.15, 0.2) is 0 Å². The van der Waals surface area contributed by atoms with Crippen molar-refractivity contribution in [2.75, 3.05) is 0 Å². The van der Waals surface area contributed by atoms with E-state index >= 15 is 0 Å². The summed E-state index contributed by atoms with van der Waals surface area (Å²) in [5, 5.41) is 3.52. The molecule has 0 aliphatic rings. The first-order chi connectivity index (χ1) is 12.5.